The van der Waals surface area contributed by atoms with Crippen LogP contribution < -0.4 is 4.90 Å². The molecule has 2 aliphatic rings. The van der Waals surface area contributed by atoms with E-state index in [1.165, 1.54) is 0 Å². The summed E-state index contributed by atoms with van der Waals surface area (Å²) in [5, 5.41) is 9.37. The van der Waals surface area contributed by atoms with Gasteiger partial charge in [-0.2, -0.15) is 26.3 Å². The Bertz CT molecular complexity index is 784. The van der Waals surface area contributed by atoms with Crippen molar-refractivity contribution in [1.82, 2.24) is 9.80 Å². The first-order chi connectivity index (χ1) is 14.4. The van der Waals surface area contributed by atoms with Gasteiger partial charge in [-0.15, -0.1) is 0 Å². The van der Waals surface area contributed by atoms with Crippen LogP contribution in [-0.2, 0) is 6.54 Å². The van der Waals surface area contributed by atoms with Crippen LogP contribution in [-0.4, -0.2) is 72.1 Å². The van der Waals surface area contributed by atoms with Crippen LogP contribution in [0.4, 0.5) is 36.8 Å². The number of anilines is 1. The molecule has 1 amide bonds. The first kappa shape index (κ1) is 23.8. The Morgan fingerprint density at radius 3 is 2.19 bits per heavy atom. The normalized spacial score (nSPS) is 21.2. The lowest BCUT2D eigenvalue weighted by Crippen LogP contribution is -2.62. The molecule has 0 aliphatic carbocycles. The molecule has 3 rings (SSSR count). The minimum atomic E-state index is -5.58. The quantitative estimate of drug-likeness (QED) is 0.635. The highest BCUT2D eigenvalue weighted by atomic mass is 35.5. The third kappa shape index (κ3) is 5.49. The maximum atomic E-state index is 13.4. The lowest BCUT2D eigenvalue weighted by Gasteiger charge is -2.44. The summed E-state index contributed by atoms with van der Waals surface area (Å²) in [7, 11) is 0. The number of carboxylic acid groups (broad SMARTS) is 1. The van der Waals surface area contributed by atoms with Crippen LogP contribution in [0.15, 0.2) is 18.2 Å². The summed E-state index contributed by atoms with van der Waals surface area (Å²) in [5.74, 6) is -3.68. The van der Waals surface area contributed by atoms with E-state index in [1.54, 1.807) is 18.2 Å². The predicted molar refractivity (Wildman–Crippen MR) is 102 cm³/mol. The highest BCUT2D eigenvalue weighted by Crippen LogP contribution is 2.44. The van der Waals surface area contributed by atoms with E-state index in [4.69, 9.17) is 16.7 Å². The third-order valence-corrected chi connectivity index (χ3v) is 6.13. The number of hydrogen-bond acceptors (Lipinski definition) is 3. The largest absolute Gasteiger partial charge is 0.465 e. The lowest BCUT2D eigenvalue weighted by molar-refractivity contribution is -0.302. The van der Waals surface area contributed by atoms with Crippen molar-refractivity contribution in [2.24, 2.45) is 5.92 Å². The van der Waals surface area contributed by atoms with E-state index in [9.17, 15) is 31.1 Å². The van der Waals surface area contributed by atoms with Gasteiger partial charge in [-0.1, -0.05) is 17.7 Å². The topological polar surface area (TPSA) is 47.0 Å². The number of benzene rings is 1. The van der Waals surface area contributed by atoms with Crippen LogP contribution in [0.5, 0.6) is 0 Å². The molecular weight excluding hydrogens is 452 g/mol. The third-order valence-electron chi connectivity index (χ3n) is 5.78. The second-order valence-electron chi connectivity index (χ2n) is 7.80. The van der Waals surface area contributed by atoms with Gasteiger partial charge in [0.2, 0.25) is 0 Å². The summed E-state index contributed by atoms with van der Waals surface area (Å²) in [4.78, 5) is 14.9. The minimum Gasteiger partial charge on any atom is -0.465 e. The summed E-state index contributed by atoms with van der Waals surface area (Å²) < 4.78 is 80.4. The van der Waals surface area contributed by atoms with Crippen molar-refractivity contribution in [2.45, 2.75) is 37.8 Å². The van der Waals surface area contributed by atoms with Gasteiger partial charge in [-0.25, -0.2) is 4.79 Å². The fraction of sp³-hybridized carbons (Fsp3) is 0.632. The summed E-state index contributed by atoms with van der Waals surface area (Å²) in [6.07, 6.45) is -10.6. The molecule has 0 saturated carbocycles. The van der Waals surface area contributed by atoms with E-state index in [1.807, 2.05) is 0 Å². The van der Waals surface area contributed by atoms with Crippen molar-refractivity contribution < 1.29 is 36.2 Å². The van der Waals surface area contributed by atoms with Crippen molar-refractivity contribution in [2.75, 3.05) is 37.6 Å². The first-order valence-corrected chi connectivity index (χ1v) is 10.1. The van der Waals surface area contributed by atoms with Gasteiger partial charge in [0, 0.05) is 56.0 Å². The molecule has 1 atom stereocenters. The van der Waals surface area contributed by atoms with Gasteiger partial charge in [-0.3, -0.25) is 4.90 Å². The zero-order valence-electron chi connectivity index (χ0n) is 16.4. The Labute approximate surface area is 180 Å². The molecule has 2 saturated heterocycles. The Kier molecular flexibility index (Phi) is 6.85. The fourth-order valence-electron chi connectivity index (χ4n) is 4.21. The molecule has 31 heavy (non-hydrogen) atoms. The van der Waals surface area contributed by atoms with Gasteiger partial charge in [0.1, 0.15) is 0 Å². The van der Waals surface area contributed by atoms with Crippen LogP contribution in [0.25, 0.3) is 0 Å². The molecule has 1 N–H and O–H groups in total. The van der Waals surface area contributed by atoms with Crippen LogP contribution >= 0.6 is 11.6 Å². The molecule has 174 valence electrons. The molecule has 1 aromatic carbocycles. The van der Waals surface area contributed by atoms with Gasteiger partial charge in [0.15, 0.2) is 5.92 Å². The van der Waals surface area contributed by atoms with Crippen LogP contribution in [0.2, 0.25) is 5.02 Å². The molecule has 2 heterocycles. The van der Waals surface area contributed by atoms with E-state index >= 15 is 0 Å². The highest BCUT2D eigenvalue weighted by Gasteiger charge is 2.62. The Morgan fingerprint density at radius 1 is 1.06 bits per heavy atom. The number of amides is 1. The molecule has 0 spiro atoms. The highest BCUT2D eigenvalue weighted by molar-refractivity contribution is 6.31. The molecule has 2 aliphatic heterocycles. The molecule has 0 aromatic heterocycles. The number of rotatable bonds is 4. The van der Waals surface area contributed by atoms with Gasteiger partial charge >= 0.3 is 18.4 Å². The summed E-state index contributed by atoms with van der Waals surface area (Å²) in [6.45, 7) is 0.0888. The van der Waals surface area contributed by atoms with Gasteiger partial charge in [-0.05, 0) is 30.5 Å². The van der Waals surface area contributed by atoms with E-state index in [0.29, 0.717) is 10.5 Å². The van der Waals surface area contributed by atoms with Crippen LogP contribution in [0.1, 0.15) is 18.4 Å². The van der Waals surface area contributed by atoms with E-state index in [0.717, 1.165) is 36.5 Å². The Hall–Kier alpha value is -1.88. The molecule has 5 nitrogen and oxygen atoms in total. The SMILES string of the molecule is O=C(O)N1CCN(Cc2ccc(N3CCCC3)cc2Cl)C(C(C(F)(F)F)C(F)(F)F)C1. The summed E-state index contributed by atoms with van der Waals surface area (Å²) in [6, 6.07) is 2.90. The molecule has 2 fully saturated rings. The maximum absolute atomic E-state index is 13.4. The number of hydrogen-bond donors (Lipinski definition) is 1. The molecule has 12 heteroatoms. The minimum absolute atomic E-state index is 0.197. The zero-order chi connectivity index (χ0) is 23.0. The Balaban J connectivity index is 1.87. The van der Waals surface area contributed by atoms with Crippen LogP contribution in [0.3, 0.4) is 0 Å². The monoisotopic (exact) mass is 473 g/mol. The number of carbonyl (C=O) groups is 1. The number of alkyl halides is 6. The van der Waals surface area contributed by atoms with Gasteiger partial charge in [0.25, 0.3) is 0 Å². The second kappa shape index (κ2) is 8.93. The fourth-order valence-corrected chi connectivity index (χ4v) is 4.45. The maximum Gasteiger partial charge on any atom is 0.407 e. The smallest absolute Gasteiger partial charge is 0.407 e. The second-order valence-corrected chi connectivity index (χ2v) is 8.20. The molecule has 0 radical (unpaired) electrons. The lowest BCUT2D eigenvalue weighted by atomic mass is 9.93. The molecule has 0 bridgehead atoms. The molecule has 1 aromatic rings. The van der Waals surface area contributed by atoms with Gasteiger partial charge in [0.05, 0.1) is 0 Å². The van der Waals surface area contributed by atoms with Crippen molar-refractivity contribution in [1.29, 1.82) is 0 Å². The van der Waals surface area contributed by atoms with Crippen molar-refractivity contribution in [3.8, 4) is 0 Å². The van der Waals surface area contributed by atoms with E-state index in [2.05, 4.69) is 4.90 Å². The number of nitrogens with zero attached hydrogens (tertiary/aromatic N) is 3. The summed E-state index contributed by atoms with van der Waals surface area (Å²) in [5.41, 5.74) is 1.24. The number of piperazine rings is 1. The molecular formula is C19H22ClF6N3O2. The first-order valence-electron chi connectivity index (χ1n) is 9.76. The van der Waals surface area contributed by atoms with Crippen molar-refractivity contribution in [3.63, 3.8) is 0 Å². The van der Waals surface area contributed by atoms with Crippen molar-refractivity contribution >= 4 is 23.4 Å². The zero-order valence-corrected chi connectivity index (χ0v) is 17.1. The van der Waals surface area contributed by atoms with Gasteiger partial charge < -0.3 is 14.9 Å². The number of halogens is 7. The average Bonchev–Trinajstić information content (AvgIpc) is 3.16. The van der Waals surface area contributed by atoms with E-state index in [-0.39, 0.29) is 24.7 Å². The van der Waals surface area contributed by atoms with Crippen molar-refractivity contribution in [3.05, 3.63) is 28.8 Å². The standard InChI is InChI=1S/C19H22ClF6N3O2/c20-14-9-13(27-5-1-2-6-27)4-3-12(14)10-28-7-8-29(17(30)31)11-15(28)16(18(21,22)23)19(24,25)26/h3-4,9,15-16H,1-2,5-8,10-11H2,(H,30,31). The average molecular weight is 474 g/mol. The molecule has 1 unspecified atom stereocenters. The summed E-state index contributed by atoms with van der Waals surface area (Å²) >= 11 is 6.31. The predicted octanol–water partition coefficient (Wildman–Crippen LogP) is 4.85. The van der Waals surface area contributed by atoms with Crippen LogP contribution in [0, 0.1) is 5.92 Å². The van der Waals surface area contributed by atoms with E-state index < -0.39 is 37.0 Å². The Morgan fingerprint density at radius 2 is 1.68 bits per heavy atom.